The van der Waals surface area contributed by atoms with Crippen molar-refractivity contribution in [3.8, 4) is 15.9 Å². The van der Waals surface area contributed by atoms with E-state index < -0.39 is 0 Å². The minimum atomic E-state index is 0.137. The second-order valence-electron chi connectivity index (χ2n) is 3.65. The maximum atomic E-state index is 6.16. The molecule has 4 heteroatoms. The first kappa shape index (κ1) is 11.7. The number of rotatable bonds is 3. The van der Waals surface area contributed by atoms with Gasteiger partial charge in [0, 0.05) is 0 Å². The fourth-order valence-electron chi connectivity index (χ4n) is 1.35. The zero-order chi connectivity index (χ0) is 11.5. The number of hydrogen-bond donors (Lipinski definition) is 0. The first-order chi connectivity index (χ1) is 7.66. The van der Waals surface area contributed by atoms with Crippen LogP contribution in [0.15, 0.2) is 29.3 Å². The molecule has 2 aromatic rings. The van der Waals surface area contributed by atoms with E-state index in [0.29, 0.717) is 19.5 Å². The summed E-state index contributed by atoms with van der Waals surface area (Å²) in [5.41, 5.74) is 1.09. The fraction of sp³-hybridized carbons (Fsp3) is 0.250. The van der Waals surface area contributed by atoms with Crippen molar-refractivity contribution in [2.75, 3.05) is 0 Å². The van der Waals surface area contributed by atoms with Crippen LogP contribution in [0.25, 0.3) is 10.1 Å². The van der Waals surface area contributed by atoms with Crippen molar-refractivity contribution in [1.29, 1.82) is 0 Å². The molecule has 2 rings (SSSR count). The Hall–Kier alpha value is -0.761. The number of hydrogen-bond acceptors (Lipinski definition) is 2. The van der Waals surface area contributed by atoms with E-state index in [1.54, 1.807) is 0 Å². The van der Waals surface area contributed by atoms with E-state index in [9.17, 15) is 0 Å². The number of halogens is 1. The van der Waals surface area contributed by atoms with Gasteiger partial charge in [0.15, 0.2) is 0 Å². The van der Waals surface area contributed by atoms with Gasteiger partial charge in [-0.15, -0.1) is 0 Å². The Labute approximate surface area is 106 Å². The summed E-state index contributed by atoms with van der Waals surface area (Å²) >= 11 is 6.50. The maximum absolute atomic E-state index is 6.16. The summed E-state index contributed by atoms with van der Waals surface area (Å²) in [5.74, 6) is 0.736. The van der Waals surface area contributed by atoms with E-state index in [1.807, 2.05) is 38.2 Å². The van der Waals surface area contributed by atoms with Crippen LogP contribution in [0.4, 0.5) is 0 Å². The van der Waals surface area contributed by atoms with Gasteiger partial charge in [-0.2, -0.15) is 0 Å². The van der Waals surface area contributed by atoms with Crippen LogP contribution in [0.5, 0.6) is 5.75 Å². The summed E-state index contributed by atoms with van der Waals surface area (Å²) in [5, 5.41) is 0.650. The molecule has 0 radical (unpaired) electrons. The summed E-state index contributed by atoms with van der Waals surface area (Å²) in [4.78, 5) is 6.39. The molecule has 2 nitrogen and oxygen atoms in total. The summed E-state index contributed by atoms with van der Waals surface area (Å²) < 4.78 is 6.70. The molecule has 0 atom stereocenters. The van der Waals surface area contributed by atoms with Gasteiger partial charge in [-0.3, -0.25) is 0 Å². The van der Waals surface area contributed by atoms with Gasteiger partial charge in [0.1, 0.15) is 0 Å². The van der Waals surface area contributed by atoms with E-state index >= 15 is 0 Å². The predicted octanol–water partition coefficient (Wildman–Crippen LogP) is 3.25. The van der Waals surface area contributed by atoms with Crippen molar-refractivity contribution in [2.45, 2.75) is 20.0 Å². The Morgan fingerprint density at radius 2 is 2.19 bits per heavy atom. The van der Waals surface area contributed by atoms with Crippen LogP contribution < -0.4 is 4.74 Å². The Morgan fingerprint density at radius 3 is 2.75 bits per heavy atom. The van der Waals surface area contributed by atoms with Crippen molar-refractivity contribution in [3.05, 3.63) is 34.4 Å². The van der Waals surface area contributed by atoms with Crippen LogP contribution >= 0.6 is 11.6 Å². The van der Waals surface area contributed by atoms with Gasteiger partial charge in [-0.25, -0.2) is 0 Å². The van der Waals surface area contributed by atoms with Gasteiger partial charge >= 0.3 is 106 Å². The quantitative estimate of drug-likeness (QED) is 0.812. The molecule has 0 saturated heterocycles. The monoisotopic (exact) mass is 301 g/mol. The summed E-state index contributed by atoms with van der Waals surface area (Å²) in [6.45, 7) is 3.97. The van der Waals surface area contributed by atoms with Crippen molar-refractivity contribution in [1.82, 2.24) is 4.98 Å². The third kappa shape index (κ3) is 2.67. The molecule has 1 heterocycles. The van der Waals surface area contributed by atoms with Gasteiger partial charge in [-0.05, 0) is 0 Å². The summed E-state index contributed by atoms with van der Waals surface area (Å²) in [6, 6.07) is 5.85. The average molecular weight is 301 g/mol. The molecular formula is C12H12ClNOSe. The van der Waals surface area contributed by atoms with Gasteiger partial charge in [0.2, 0.25) is 0 Å². The van der Waals surface area contributed by atoms with Crippen LogP contribution in [-0.4, -0.2) is 25.6 Å². The van der Waals surface area contributed by atoms with Crippen LogP contribution in [-0.2, 0) is 0 Å². The molecule has 16 heavy (non-hydrogen) atoms. The van der Waals surface area contributed by atoms with Crippen molar-refractivity contribution < 1.29 is 4.74 Å². The normalized spacial score (nSPS) is 10.8. The molecule has 1 aromatic heterocycles. The standard InChI is InChI=1S/C12H12ClNOSe/c1-8(2)15-11-4-3-9(7-10(11)13)12-14-5-6-16-12/h3-8H,1-2H3. The molecule has 0 bridgehead atoms. The molecule has 0 fully saturated rings. The Bertz CT molecular complexity index is 468. The zero-order valence-corrected chi connectivity index (χ0v) is 11.6. The van der Waals surface area contributed by atoms with Crippen molar-refractivity contribution in [3.63, 3.8) is 0 Å². The van der Waals surface area contributed by atoms with E-state index in [4.69, 9.17) is 16.3 Å². The third-order valence-electron chi connectivity index (χ3n) is 1.97. The molecule has 0 unspecified atom stereocenters. The third-order valence-corrected chi connectivity index (χ3v) is 3.99. The Balaban J connectivity index is 2.29. The van der Waals surface area contributed by atoms with E-state index in [1.165, 1.54) is 0 Å². The first-order valence-electron chi connectivity index (χ1n) is 5.03. The van der Waals surface area contributed by atoms with Crippen LogP contribution in [0.3, 0.4) is 0 Å². The van der Waals surface area contributed by atoms with Crippen LogP contribution in [0.2, 0.25) is 5.02 Å². The minimum absolute atomic E-state index is 0.137. The molecule has 84 valence electrons. The molecule has 0 amide bonds. The molecule has 0 aliphatic heterocycles. The van der Waals surface area contributed by atoms with Crippen molar-refractivity contribution in [2.24, 2.45) is 0 Å². The van der Waals surface area contributed by atoms with Crippen LogP contribution in [0.1, 0.15) is 13.8 Å². The number of nitrogens with zero attached hydrogens (tertiary/aromatic N) is 1. The van der Waals surface area contributed by atoms with Gasteiger partial charge in [0.25, 0.3) is 0 Å². The van der Waals surface area contributed by atoms with Gasteiger partial charge < -0.3 is 0 Å². The average Bonchev–Trinajstić information content (AvgIpc) is 2.73. The molecule has 0 saturated carbocycles. The number of benzene rings is 1. The van der Waals surface area contributed by atoms with E-state index in [2.05, 4.69) is 9.92 Å². The number of ether oxygens (including phenoxy) is 1. The SMILES string of the molecule is CC(C)Oc1ccc(-c2ncc[se]2)cc1Cl. The Morgan fingerprint density at radius 1 is 1.38 bits per heavy atom. The zero-order valence-electron chi connectivity index (χ0n) is 9.11. The molecular weight excluding hydrogens is 289 g/mol. The topological polar surface area (TPSA) is 22.1 Å². The molecule has 0 aliphatic carbocycles. The van der Waals surface area contributed by atoms with Crippen molar-refractivity contribution >= 4 is 26.1 Å². The summed E-state index contributed by atoms with van der Waals surface area (Å²) in [7, 11) is 0. The second kappa shape index (κ2) is 5.05. The molecule has 0 aliphatic rings. The molecule has 1 aromatic carbocycles. The Kier molecular flexibility index (Phi) is 3.70. The van der Waals surface area contributed by atoms with Gasteiger partial charge in [0.05, 0.1) is 0 Å². The summed E-state index contributed by atoms with van der Waals surface area (Å²) in [6.07, 6.45) is 1.99. The second-order valence-corrected chi connectivity index (χ2v) is 5.93. The predicted molar refractivity (Wildman–Crippen MR) is 67.4 cm³/mol. The van der Waals surface area contributed by atoms with Crippen LogP contribution in [0, 0.1) is 0 Å². The van der Waals surface area contributed by atoms with E-state index in [0.717, 1.165) is 15.9 Å². The molecule has 0 spiro atoms. The first-order valence-corrected chi connectivity index (χ1v) is 7.25. The number of aromatic nitrogens is 1. The van der Waals surface area contributed by atoms with E-state index in [-0.39, 0.29) is 6.10 Å². The molecule has 0 N–H and O–H groups in total. The van der Waals surface area contributed by atoms with Gasteiger partial charge in [-0.1, -0.05) is 0 Å². The fourth-order valence-corrected chi connectivity index (χ4v) is 2.91.